The molecule has 1 amide bonds. The fourth-order valence-electron chi connectivity index (χ4n) is 0.622. The van der Waals surface area contributed by atoms with Crippen molar-refractivity contribution in [3.8, 4) is 0 Å². The number of hydrogen-bond acceptors (Lipinski definition) is 2. The van der Waals surface area contributed by atoms with Crippen molar-refractivity contribution in [3.63, 3.8) is 0 Å². The predicted molar refractivity (Wildman–Crippen MR) is 48.0 cm³/mol. The molecule has 1 rings (SSSR count). The molecule has 4 heteroatoms. The molecule has 0 fully saturated rings. The van der Waals surface area contributed by atoms with Crippen molar-refractivity contribution < 1.29 is 4.79 Å². The largest absolute Gasteiger partial charge is 0.338 e. The van der Waals surface area contributed by atoms with Gasteiger partial charge in [-0.2, -0.15) is 0 Å². The fraction of sp³-hybridized carbons (Fsp3) is 0.500. The molecule has 1 heterocycles. The van der Waals surface area contributed by atoms with Gasteiger partial charge in [0.15, 0.2) is 0 Å². The van der Waals surface area contributed by atoms with E-state index < -0.39 is 0 Å². The molecule has 0 saturated heterocycles. The van der Waals surface area contributed by atoms with E-state index in [-0.39, 0.29) is 6.03 Å². The summed E-state index contributed by atoms with van der Waals surface area (Å²) < 4.78 is 1.39. The van der Waals surface area contributed by atoms with E-state index in [1.165, 1.54) is 10.9 Å². The summed E-state index contributed by atoms with van der Waals surface area (Å²) in [4.78, 5) is 14.6. The maximum atomic E-state index is 10.9. The van der Waals surface area contributed by atoms with Gasteiger partial charge in [0.2, 0.25) is 0 Å². The molecule has 0 radical (unpaired) electrons. The highest BCUT2D eigenvalue weighted by Crippen LogP contribution is 1.82. The minimum atomic E-state index is -0.139. The van der Waals surface area contributed by atoms with E-state index in [2.05, 4.69) is 10.3 Å². The highest BCUT2D eigenvalue weighted by Gasteiger charge is 1.97. The van der Waals surface area contributed by atoms with Crippen LogP contribution in [0.25, 0.3) is 0 Å². The summed E-state index contributed by atoms with van der Waals surface area (Å²) in [5, 5.41) is 2.63. The van der Waals surface area contributed by atoms with E-state index in [9.17, 15) is 4.79 Å². The van der Waals surface area contributed by atoms with Gasteiger partial charge in [-0.3, -0.25) is 4.57 Å². The second-order valence-electron chi connectivity index (χ2n) is 1.81. The number of hydrogen-bond donors (Lipinski definition) is 1. The summed E-state index contributed by atoms with van der Waals surface area (Å²) in [5.74, 6) is 0. The van der Waals surface area contributed by atoms with Gasteiger partial charge in [-0.25, -0.2) is 9.78 Å². The summed E-state index contributed by atoms with van der Waals surface area (Å²) in [6.07, 6.45) is 4.63. The molecule has 4 nitrogen and oxygen atoms in total. The van der Waals surface area contributed by atoms with Gasteiger partial charge in [0.25, 0.3) is 0 Å². The number of nitrogens with one attached hydrogen (secondary N) is 1. The Hall–Kier alpha value is -1.32. The minimum Gasteiger partial charge on any atom is -0.338 e. The van der Waals surface area contributed by atoms with Crippen LogP contribution in [-0.2, 0) is 0 Å². The van der Waals surface area contributed by atoms with Crippen LogP contribution in [0.5, 0.6) is 0 Å². The summed E-state index contributed by atoms with van der Waals surface area (Å²) in [7, 11) is 0. The Bertz CT molecular complexity index is 206. The highest BCUT2D eigenvalue weighted by atomic mass is 16.2. The van der Waals surface area contributed by atoms with E-state index in [1.54, 1.807) is 12.4 Å². The van der Waals surface area contributed by atoms with Crippen LogP contribution >= 0.6 is 0 Å². The van der Waals surface area contributed by atoms with E-state index >= 15 is 0 Å². The van der Waals surface area contributed by atoms with Crippen LogP contribution in [-0.4, -0.2) is 22.1 Å². The lowest BCUT2D eigenvalue weighted by molar-refractivity contribution is 0.243. The molecule has 0 spiro atoms. The maximum Gasteiger partial charge on any atom is 0.326 e. The predicted octanol–water partition coefficient (Wildman–Crippen LogP) is 1.49. The number of imidazole rings is 1. The second kappa shape index (κ2) is 6.39. The molecule has 0 aromatic carbocycles. The van der Waals surface area contributed by atoms with Crippen molar-refractivity contribution in [2.45, 2.75) is 20.8 Å². The number of carbonyl (C=O) groups excluding carboxylic acids is 1. The Labute approximate surface area is 72.6 Å². The molecule has 0 atom stereocenters. The lowest BCUT2D eigenvalue weighted by Gasteiger charge is -1.99. The molecule has 0 aliphatic carbocycles. The Kier molecular flexibility index (Phi) is 5.69. The zero-order chi connectivity index (χ0) is 9.40. The molecule has 68 valence electrons. The Morgan fingerprint density at radius 1 is 1.58 bits per heavy atom. The highest BCUT2D eigenvalue weighted by molar-refractivity contribution is 5.76. The number of carbonyl (C=O) groups is 1. The summed E-state index contributed by atoms with van der Waals surface area (Å²) in [6.45, 7) is 6.51. The first-order valence-corrected chi connectivity index (χ1v) is 4.10. The third kappa shape index (κ3) is 3.18. The lowest BCUT2D eigenvalue weighted by atomic mass is 10.7. The zero-order valence-corrected chi connectivity index (χ0v) is 7.74. The first kappa shape index (κ1) is 10.7. The summed E-state index contributed by atoms with van der Waals surface area (Å²) in [5.41, 5.74) is 0. The molecular weight excluding hydrogens is 154 g/mol. The van der Waals surface area contributed by atoms with Crippen LogP contribution < -0.4 is 5.32 Å². The first-order valence-electron chi connectivity index (χ1n) is 4.10. The van der Waals surface area contributed by atoms with Gasteiger partial charge in [0, 0.05) is 18.9 Å². The SMILES string of the molecule is CC.CCNC(=O)n1ccnc1. The Balaban J connectivity index is 0.000000561. The molecule has 0 aliphatic heterocycles. The molecule has 0 unspecified atom stereocenters. The van der Waals surface area contributed by atoms with Crippen LogP contribution in [0.4, 0.5) is 4.79 Å². The van der Waals surface area contributed by atoms with Crippen LogP contribution in [0.2, 0.25) is 0 Å². The number of amides is 1. The fourth-order valence-corrected chi connectivity index (χ4v) is 0.622. The van der Waals surface area contributed by atoms with Crippen LogP contribution in [0.15, 0.2) is 18.7 Å². The topological polar surface area (TPSA) is 46.9 Å². The maximum absolute atomic E-state index is 10.9. The molecule has 1 aromatic rings. The molecule has 1 N–H and O–H groups in total. The van der Waals surface area contributed by atoms with E-state index in [0.717, 1.165) is 0 Å². The third-order valence-electron chi connectivity index (χ3n) is 1.07. The number of aromatic nitrogens is 2. The van der Waals surface area contributed by atoms with Crippen molar-refractivity contribution >= 4 is 6.03 Å². The van der Waals surface area contributed by atoms with Gasteiger partial charge < -0.3 is 5.32 Å². The van der Waals surface area contributed by atoms with Crippen molar-refractivity contribution in [1.82, 2.24) is 14.9 Å². The summed E-state index contributed by atoms with van der Waals surface area (Å²) >= 11 is 0. The molecular formula is C8H15N3O. The minimum absolute atomic E-state index is 0.139. The van der Waals surface area contributed by atoms with Gasteiger partial charge in [-0.1, -0.05) is 13.8 Å². The normalized spacial score (nSPS) is 8.25. The van der Waals surface area contributed by atoms with E-state index in [1.807, 2.05) is 20.8 Å². The molecule has 0 aliphatic rings. The van der Waals surface area contributed by atoms with Gasteiger partial charge in [-0.05, 0) is 6.92 Å². The monoisotopic (exact) mass is 169 g/mol. The van der Waals surface area contributed by atoms with Crippen molar-refractivity contribution in [1.29, 1.82) is 0 Å². The van der Waals surface area contributed by atoms with Gasteiger partial charge in [0.05, 0.1) is 0 Å². The van der Waals surface area contributed by atoms with Gasteiger partial charge >= 0.3 is 6.03 Å². The van der Waals surface area contributed by atoms with Gasteiger partial charge in [0.1, 0.15) is 6.33 Å². The lowest BCUT2D eigenvalue weighted by Crippen LogP contribution is -2.26. The zero-order valence-electron chi connectivity index (χ0n) is 7.74. The van der Waals surface area contributed by atoms with Crippen molar-refractivity contribution in [3.05, 3.63) is 18.7 Å². The molecule has 0 saturated carbocycles. The second-order valence-corrected chi connectivity index (χ2v) is 1.81. The van der Waals surface area contributed by atoms with Crippen LogP contribution in [0, 0.1) is 0 Å². The Morgan fingerprint density at radius 2 is 2.25 bits per heavy atom. The van der Waals surface area contributed by atoms with Crippen molar-refractivity contribution in [2.75, 3.05) is 6.54 Å². The van der Waals surface area contributed by atoms with E-state index in [0.29, 0.717) is 6.54 Å². The van der Waals surface area contributed by atoms with E-state index in [4.69, 9.17) is 0 Å². The first-order chi connectivity index (χ1) is 5.84. The quantitative estimate of drug-likeness (QED) is 0.692. The third-order valence-corrected chi connectivity index (χ3v) is 1.07. The van der Waals surface area contributed by atoms with Crippen LogP contribution in [0.3, 0.4) is 0 Å². The smallest absolute Gasteiger partial charge is 0.326 e. The summed E-state index contributed by atoms with van der Waals surface area (Å²) in [6, 6.07) is -0.139. The molecule has 12 heavy (non-hydrogen) atoms. The standard InChI is InChI=1S/C6H9N3O.C2H6/c1-2-8-6(10)9-4-3-7-5-9;1-2/h3-5H,2H2,1H3,(H,8,10);1-2H3. The van der Waals surface area contributed by atoms with Crippen molar-refractivity contribution in [2.24, 2.45) is 0 Å². The molecule has 1 aromatic heterocycles. The Morgan fingerprint density at radius 3 is 2.67 bits per heavy atom. The average Bonchev–Trinajstić information content (AvgIpc) is 2.60. The van der Waals surface area contributed by atoms with Gasteiger partial charge in [-0.15, -0.1) is 0 Å². The number of rotatable bonds is 1. The van der Waals surface area contributed by atoms with Crippen LogP contribution in [0.1, 0.15) is 20.8 Å². The number of nitrogens with zero attached hydrogens (tertiary/aromatic N) is 2. The average molecular weight is 169 g/mol. The molecule has 0 bridgehead atoms.